The number of benzene rings is 2. The molecule has 0 aromatic heterocycles. The van der Waals surface area contributed by atoms with Crippen molar-refractivity contribution in [3.05, 3.63) is 58.6 Å². The van der Waals surface area contributed by atoms with E-state index in [1.54, 1.807) is 30.3 Å². The van der Waals surface area contributed by atoms with Gasteiger partial charge in [-0.25, -0.2) is 0 Å². The lowest BCUT2D eigenvalue weighted by Gasteiger charge is -2.15. The van der Waals surface area contributed by atoms with Gasteiger partial charge >= 0.3 is 11.8 Å². The number of anilines is 2. The van der Waals surface area contributed by atoms with Crippen LogP contribution in [0.2, 0.25) is 5.02 Å². The van der Waals surface area contributed by atoms with Crippen molar-refractivity contribution in [2.75, 3.05) is 30.9 Å². The van der Waals surface area contributed by atoms with Crippen molar-refractivity contribution in [3.63, 3.8) is 0 Å². The normalized spacial score (nSPS) is 11.6. The van der Waals surface area contributed by atoms with Crippen molar-refractivity contribution in [1.29, 1.82) is 0 Å². The molecule has 6 nitrogen and oxygen atoms in total. The van der Waals surface area contributed by atoms with Gasteiger partial charge in [0.1, 0.15) is 0 Å². The van der Waals surface area contributed by atoms with Crippen molar-refractivity contribution in [2.45, 2.75) is 13.0 Å². The lowest BCUT2D eigenvalue weighted by Crippen LogP contribution is -2.37. The fourth-order valence-corrected chi connectivity index (χ4v) is 2.42. The highest BCUT2D eigenvalue weighted by molar-refractivity contribution is 6.39. The van der Waals surface area contributed by atoms with Gasteiger partial charge in [-0.1, -0.05) is 29.8 Å². The Labute approximate surface area is 157 Å². The Balaban J connectivity index is 1.88. The molecule has 0 unspecified atom stereocenters. The third-order valence-corrected chi connectivity index (χ3v) is 4.29. The van der Waals surface area contributed by atoms with Crippen molar-refractivity contribution in [2.24, 2.45) is 0 Å². The molecule has 7 heteroatoms. The standard InChI is InChI=1S/C19H22ClN3O3/c1-12-4-7-14(10-16(12)20)22-19(26)18(25)21-11-17(24)13-5-8-15(9-6-13)23(2)3/h4-10,17,24H,11H2,1-3H3,(H,21,25)(H,22,26)/t17-/m1/s1. The van der Waals surface area contributed by atoms with E-state index in [-0.39, 0.29) is 6.54 Å². The van der Waals surface area contributed by atoms with E-state index in [1.807, 2.05) is 38.1 Å². The van der Waals surface area contributed by atoms with E-state index >= 15 is 0 Å². The van der Waals surface area contributed by atoms with Crippen LogP contribution in [-0.2, 0) is 9.59 Å². The summed E-state index contributed by atoms with van der Waals surface area (Å²) in [5.74, 6) is -1.65. The molecular formula is C19H22ClN3O3. The molecule has 0 radical (unpaired) electrons. The zero-order valence-corrected chi connectivity index (χ0v) is 15.7. The fraction of sp³-hybridized carbons (Fsp3) is 0.263. The Morgan fingerprint density at radius 2 is 1.77 bits per heavy atom. The van der Waals surface area contributed by atoms with Crippen LogP contribution in [0.1, 0.15) is 17.2 Å². The molecule has 0 bridgehead atoms. The largest absolute Gasteiger partial charge is 0.387 e. The quantitative estimate of drug-likeness (QED) is 0.701. The summed E-state index contributed by atoms with van der Waals surface area (Å²) in [6, 6.07) is 12.3. The zero-order chi connectivity index (χ0) is 19.3. The Bertz CT molecular complexity index is 791. The molecule has 3 N–H and O–H groups in total. The molecule has 0 spiro atoms. The number of amides is 2. The van der Waals surface area contributed by atoms with Crippen LogP contribution in [0, 0.1) is 6.92 Å². The number of halogens is 1. The highest BCUT2D eigenvalue weighted by Crippen LogP contribution is 2.20. The minimum Gasteiger partial charge on any atom is -0.387 e. The van der Waals surface area contributed by atoms with E-state index < -0.39 is 17.9 Å². The van der Waals surface area contributed by atoms with Crippen LogP contribution >= 0.6 is 11.6 Å². The number of nitrogens with zero attached hydrogens (tertiary/aromatic N) is 1. The molecule has 0 saturated heterocycles. The maximum Gasteiger partial charge on any atom is 0.313 e. The lowest BCUT2D eigenvalue weighted by atomic mass is 10.1. The monoisotopic (exact) mass is 375 g/mol. The summed E-state index contributed by atoms with van der Waals surface area (Å²) in [7, 11) is 3.84. The van der Waals surface area contributed by atoms with E-state index in [1.165, 1.54) is 0 Å². The van der Waals surface area contributed by atoms with Crippen LogP contribution in [0.5, 0.6) is 0 Å². The average molecular weight is 376 g/mol. The smallest absolute Gasteiger partial charge is 0.313 e. The molecule has 0 aliphatic rings. The van der Waals surface area contributed by atoms with Gasteiger partial charge in [0.25, 0.3) is 0 Å². The number of hydrogen-bond acceptors (Lipinski definition) is 4. The molecule has 0 fully saturated rings. The number of carbonyl (C=O) groups is 2. The number of aliphatic hydroxyl groups excluding tert-OH is 1. The average Bonchev–Trinajstić information content (AvgIpc) is 2.62. The molecule has 0 aliphatic carbocycles. The minimum atomic E-state index is -0.906. The van der Waals surface area contributed by atoms with Gasteiger partial charge in [0.15, 0.2) is 0 Å². The lowest BCUT2D eigenvalue weighted by molar-refractivity contribution is -0.136. The first-order valence-corrected chi connectivity index (χ1v) is 8.46. The first-order valence-electron chi connectivity index (χ1n) is 8.08. The van der Waals surface area contributed by atoms with Gasteiger partial charge in [-0.15, -0.1) is 0 Å². The van der Waals surface area contributed by atoms with Gasteiger partial charge < -0.3 is 20.6 Å². The van der Waals surface area contributed by atoms with Crippen LogP contribution in [0.25, 0.3) is 0 Å². The first kappa shape index (κ1) is 19.8. The number of carbonyl (C=O) groups excluding carboxylic acids is 2. The molecule has 2 rings (SSSR count). The SMILES string of the molecule is Cc1ccc(NC(=O)C(=O)NC[C@@H](O)c2ccc(N(C)C)cc2)cc1Cl. The van der Waals surface area contributed by atoms with E-state index in [9.17, 15) is 14.7 Å². The van der Waals surface area contributed by atoms with Gasteiger partial charge in [0.2, 0.25) is 0 Å². The summed E-state index contributed by atoms with van der Waals surface area (Å²) < 4.78 is 0. The van der Waals surface area contributed by atoms with Crippen LogP contribution in [0.3, 0.4) is 0 Å². The third kappa shape index (κ3) is 5.21. The molecule has 0 saturated carbocycles. The van der Waals surface area contributed by atoms with Crippen LogP contribution < -0.4 is 15.5 Å². The highest BCUT2D eigenvalue weighted by atomic mass is 35.5. The van der Waals surface area contributed by atoms with Crippen LogP contribution in [-0.4, -0.2) is 37.6 Å². The Morgan fingerprint density at radius 1 is 1.12 bits per heavy atom. The number of rotatable bonds is 5. The maximum absolute atomic E-state index is 11.9. The molecular weight excluding hydrogens is 354 g/mol. The molecule has 0 aliphatic heterocycles. The van der Waals surface area contributed by atoms with Gasteiger partial charge in [-0.2, -0.15) is 0 Å². The summed E-state index contributed by atoms with van der Waals surface area (Å²) in [5.41, 5.74) is 2.96. The van der Waals surface area contributed by atoms with Crippen molar-refractivity contribution in [1.82, 2.24) is 5.32 Å². The summed E-state index contributed by atoms with van der Waals surface area (Å²) in [4.78, 5) is 25.8. The second-order valence-electron chi connectivity index (χ2n) is 6.13. The van der Waals surface area contributed by atoms with E-state index in [0.29, 0.717) is 16.3 Å². The molecule has 2 amide bonds. The summed E-state index contributed by atoms with van der Waals surface area (Å²) in [5, 5.41) is 15.6. The van der Waals surface area contributed by atoms with Crippen LogP contribution in [0.4, 0.5) is 11.4 Å². The van der Waals surface area contributed by atoms with E-state index in [0.717, 1.165) is 11.3 Å². The number of hydrogen-bond donors (Lipinski definition) is 3. The number of aliphatic hydroxyl groups is 1. The molecule has 1 atom stereocenters. The Kier molecular flexibility index (Phi) is 6.60. The van der Waals surface area contributed by atoms with Crippen molar-refractivity contribution >= 4 is 34.8 Å². The second-order valence-corrected chi connectivity index (χ2v) is 6.54. The van der Waals surface area contributed by atoms with Gasteiger partial charge in [0.05, 0.1) is 6.10 Å². The number of nitrogens with one attached hydrogen (secondary N) is 2. The third-order valence-electron chi connectivity index (χ3n) is 3.89. The van der Waals surface area contributed by atoms with Crippen molar-refractivity contribution in [3.8, 4) is 0 Å². The Hall–Kier alpha value is -2.57. The molecule has 0 heterocycles. The van der Waals surface area contributed by atoms with Gasteiger partial charge in [-0.3, -0.25) is 9.59 Å². The topological polar surface area (TPSA) is 81.7 Å². The molecule has 2 aromatic rings. The maximum atomic E-state index is 11.9. The number of aryl methyl sites for hydroxylation is 1. The molecule has 2 aromatic carbocycles. The fourth-order valence-electron chi connectivity index (χ4n) is 2.24. The summed E-state index contributed by atoms with van der Waals surface area (Å²) >= 11 is 5.99. The summed E-state index contributed by atoms with van der Waals surface area (Å²) in [6.07, 6.45) is -0.906. The highest BCUT2D eigenvalue weighted by Gasteiger charge is 2.16. The second kappa shape index (κ2) is 8.69. The van der Waals surface area contributed by atoms with E-state index in [4.69, 9.17) is 11.6 Å². The molecule has 138 valence electrons. The van der Waals surface area contributed by atoms with Crippen LogP contribution in [0.15, 0.2) is 42.5 Å². The molecule has 26 heavy (non-hydrogen) atoms. The van der Waals surface area contributed by atoms with Crippen molar-refractivity contribution < 1.29 is 14.7 Å². The minimum absolute atomic E-state index is 0.0672. The Morgan fingerprint density at radius 3 is 2.35 bits per heavy atom. The predicted octanol–water partition coefficient (Wildman–Crippen LogP) is 2.50. The van der Waals surface area contributed by atoms with Gasteiger partial charge in [-0.05, 0) is 42.3 Å². The van der Waals surface area contributed by atoms with Gasteiger partial charge in [0, 0.05) is 37.0 Å². The summed E-state index contributed by atoms with van der Waals surface area (Å²) in [6.45, 7) is 1.77. The predicted molar refractivity (Wildman–Crippen MR) is 104 cm³/mol. The first-order chi connectivity index (χ1) is 12.3. The van der Waals surface area contributed by atoms with E-state index in [2.05, 4.69) is 10.6 Å². The zero-order valence-electron chi connectivity index (χ0n) is 14.9.